The van der Waals surface area contributed by atoms with E-state index in [4.69, 9.17) is 119 Å². The van der Waals surface area contributed by atoms with E-state index in [0.717, 1.165) is 88.9 Å². The van der Waals surface area contributed by atoms with E-state index in [1.165, 1.54) is 14.2 Å². The first-order chi connectivity index (χ1) is 66.8. The number of nitrogens with two attached hydrogens (primary N) is 1. The van der Waals surface area contributed by atoms with Gasteiger partial charge in [0.2, 0.25) is 11.8 Å². The van der Waals surface area contributed by atoms with Gasteiger partial charge in [0.05, 0.1) is 113 Å². The molecule has 11 aromatic rings. The van der Waals surface area contributed by atoms with Crippen LogP contribution in [-0.4, -0.2) is 179 Å². The summed E-state index contributed by atoms with van der Waals surface area (Å²) in [4.78, 5) is 74.7. The first kappa shape index (κ1) is 105. The molecule has 3 aromatic heterocycles. The molecule has 34 nitrogen and oxygen atoms in total. The first-order valence-electron chi connectivity index (χ1n) is 45.5. The Hall–Kier alpha value is -12.6. The highest BCUT2D eigenvalue weighted by atomic mass is 35.5. The fourth-order valence-corrected chi connectivity index (χ4v) is 17.7. The molecule has 740 valence electrons. The molecule has 3 amide bonds. The Bertz CT molecular complexity index is 6180. The maximum absolute atomic E-state index is 13.4. The lowest BCUT2D eigenvalue weighted by molar-refractivity contribution is -0.151. The number of likely N-dealkylation sites (tertiary alicyclic amines) is 1. The minimum atomic E-state index is -1.05. The molecule has 0 radical (unpaired) electrons. The van der Waals surface area contributed by atoms with Crippen LogP contribution in [0.25, 0.3) is 17.1 Å². The third-order valence-corrected chi connectivity index (χ3v) is 24.4. The summed E-state index contributed by atoms with van der Waals surface area (Å²) in [5.41, 5.74) is 10.9. The highest BCUT2D eigenvalue weighted by Crippen LogP contribution is 2.53. The number of aromatic nitrogens is 9. The number of halogens is 4. The zero-order valence-corrected chi connectivity index (χ0v) is 83.8. The summed E-state index contributed by atoms with van der Waals surface area (Å²) in [6.45, 7) is 21.3. The van der Waals surface area contributed by atoms with E-state index in [1.807, 2.05) is 155 Å². The molecule has 5 N–H and O–H groups in total. The molecule has 1 fully saturated rings. The number of nitrogens with zero attached hydrogens (tertiary/aromatic N) is 10. The Labute approximate surface area is 826 Å². The number of carboxylic acids is 1. The van der Waals surface area contributed by atoms with E-state index in [0.29, 0.717) is 112 Å². The number of aliphatic carboxylic acids is 1. The molecule has 16 rings (SSSR count). The Balaban J connectivity index is 0.000000163. The van der Waals surface area contributed by atoms with Crippen molar-refractivity contribution < 1.29 is 100 Å². The number of carbonyl (C=O) groups is 6. The Morgan fingerprint density at radius 2 is 0.734 bits per heavy atom. The largest absolute Gasteiger partial charge is 0.493 e. The normalized spacial score (nSPS) is 17.6. The molecule has 5 aliphatic rings. The number of rotatable bonds is 26. The number of fused-ring (bicyclic) bond motifs is 10. The Morgan fingerprint density at radius 3 is 1.04 bits per heavy atom. The molecule has 5 aliphatic heterocycles. The molecule has 8 unspecified atom stereocenters. The van der Waals surface area contributed by atoms with E-state index in [9.17, 15) is 33.9 Å². The topological polar surface area (TPSA) is 397 Å². The number of hydrogen-bond acceptors (Lipinski definition) is 27. The summed E-state index contributed by atoms with van der Waals surface area (Å²) >= 11 is 25.6. The molecule has 38 heteroatoms. The predicted molar refractivity (Wildman–Crippen MR) is 520 cm³/mol. The molecule has 0 aliphatic carbocycles. The molecule has 139 heavy (non-hydrogen) atoms. The highest BCUT2D eigenvalue weighted by molar-refractivity contribution is 6.31. The van der Waals surface area contributed by atoms with Crippen molar-refractivity contribution in [3.8, 4) is 63.1 Å². The summed E-state index contributed by atoms with van der Waals surface area (Å²) in [6.07, 6.45) is -3.00. The third kappa shape index (κ3) is 23.9. The van der Waals surface area contributed by atoms with Crippen LogP contribution in [0.3, 0.4) is 0 Å². The minimum absolute atomic E-state index is 0.00926. The van der Waals surface area contributed by atoms with Crippen molar-refractivity contribution in [1.82, 2.24) is 54.6 Å². The van der Waals surface area contributed by atoms with E-state index in [1.54, 1.807) is 113 Å². The Kier molecular flexibility index (Phi) is 36.6. The fourth-order valence-electron chi connectivity index (χ4n) is 17.0. The monoisotopic (exact) mass is 1990 g/mol. The van der Waals surface area contributed by atoms with E-state index < -0.39 is 66.7 Å². The smallest absolute Gasteiger partial charge is 0.308 e. The molecule has 8 heterocycles. The van der Waals surface area contributed by atoms with Gasteiger partial charge in [-0.05, 0) is 130 Å². The number of ether oxygens (including phenoxy) is 14. The van der Waals surface area contributed by atoms with Crippen LogP contribution in [0.1, 0.15) is 254 Å². The fraction of sp³-hybridized carbons (Fsp3) is 0.406. The summed E-state index contributed by atoms with van der Waals surface area (Å²) in [5.74, 6) is 10.7. The van der Waals surface area contributed by atoms with Crippen molar-refractivity contribution in [3.05, 3.63) is 245 Å². The van der Waals surface area contributed by atoms with Crippen LogP contribution < -0.4 is 54.5 Å². The van der Waals surface area contributed by atoms with Gasteiger partial charge in [-0.3, -0.25) is 47.9 Å². The lowest BCUT2D eigenvalue weighted by Crippen LogP contribution is -2.36. The van der Waals surface area contributed by atoms with Crippen LogP contribution >= 0.6 is 46.4 Å². The SMILES string of the molecule is CC(C)C(=O)NN.CCOC(=O)CC1OC(c2cccc(OC)c2OC)c2cc(Cl)ccc2-n2c(C(C)C)nnc21.CCOC(=O)CC1OC(c2cccc(OC)c2OC)c2cc(Cl)ccc2NC1=O.COc1cccc(C2OC(CC(=O)N3CCCCC3)c3nnc(C(C)C)n3-c3ccc(Cl)cc32)c1OC.COc1cccc(C2OC(CC(=O)O)c3nnc(C(C)C)n3-c3ccc(Cl)cc32)c1OC. The van der Waals surface area contributed by atoms with Crippen molar-refractivity contribution >= 4 is 87.7 Å². The third-order valence-electron chi connectivity index (χ3n) is 23.4. The summed E-state index contributed by atoms with van der Waals surface area (Å²) in [5, 5.41) is 41.2. The number of carboxylic acid groups (broad SMARTS) is 1. The maximum atomic E-state index is 13.4. The number of para-hydroxylation sites is 4. The number of amides is 3. The Morgan fingerprint density at radius 1 is 0.417 bits per heavy atom. The van der Waals surface area contributed by atoms with Gasteiger partial charge >= 0.3 is 17.9 Å². The molecular formula is C101H117Cl4N13O21. The number of methoxy groups -OCH3 is 8. The van der Waals surface area contributed by atoms with Gasteiger partial charge in [-0.25, -0.2) is 5.84 Å². The van der Waals surface area contributed by atoms with E-state index in [-0.39, 0.29) is 80.4 Å². The van der Waals surface area contributed by atoms with Crippen LogP contribution in [0.2, 0.25) is 20.1 Å². The van der Waals surface area contributed by atoms with Gasteiger partial charge in [0.1, 0.15) is 66.3 Å². The zero-order valence-electron chi connectivity index (χ0n) is 80.7. The van der Waals surface area contributed by atoms with Gasteiger partial charge in [-0.15, -0.1) is 30.6 Å². The van der Waals surface area contributed by atoms with Gasteiger partial charge in [0, 0.05) is 107 Å². The molecule has 0 spiro atoms. The van der Waals surface area contributed by atoms with E-state index in [2.05, 4.69) is 49.8 Å². The number of esters is 2. The molecule has 0 bridgehead atoms. The number of hydrazine groups is 1. The van der Waals surface area contributed by atoms with Crippen molar-refractivity contribution in [2.24, 2.45) is 11.8 Å². The van der Waals surface area contributed by atoms with E-state index >= 15 is 0 Å². The van der Waals surface area contributed by atoms with Gasteiger partial charge in [0.25, 0.3) is 5.91 Å². The van der Waals surface area contributed by atoms with Crippen LogP contribution in [0, 0.1) is 5.92 Å². The number of piperidine rings is 1. The number of carbonyl (C=O) groups excluding carboxylic acids is 5. The highest BCUT2D eigenvalue weighted by Gasteiger charge is 2.43. The molecule has 0 saturated carbocycles. The zero-order chi connectivity index (χ0) is 100. The second kappa shape index (κ2) is 48.3. The second-order valence-corrected chi connectivity index (χ2v) is 35.6. The average molecular weight is 1990 g/mol. The minimum Gasteiger partial charge on any atom is -0.493 e. The second-order valence-electron chi connectivity index (χ2n) is 33.8. The number of anilines is 1. The van der Waals surface area contributed by atoms with Gasteiger partial charge in [0.15, 0.2) is 63.5 Å². The number of nitrogens with one attached hydrogen (secondary N) is 2. The summed E-state index contributed by atoms with van der Waals surface area (Å²) in [6, 6.07) is 44.1. The molecule has 1 saturated heterocycles. The standard InChI is InChI=1S/C28H33ClN4O4.C25H28ClN3O5.C23H24ClN3O5.C21H22ClNO6.C4H10N2O/c1-17(2)27-30-31-28-23(16-24(34)32-13-6-5-7-14-32)37-25(19-9-8-10-22(35-3)26(19)36-4)20-15-18(29)11-12-21(20)33(27)28;1-6-33-21(30)13-20-25-28-27-24(14(2)3)29(25)18-11-10-15(26)12-17(18)22(34-20)16-8-7-9-19(31-4)23(16)32-5;1-12(2)22-25-26-23-18(11-19(28)29)32-20(14-6-5-7-17(30-3)21(14)31-4)15-10-13(24)8-9-16(15)27(22)23;1-4-28-18(24)11-17-21(25)23-15-9-8-12(22)10-14(15)19(29-17)13-6-5-7-16(26-2)20(13)27-3;1-3(2)4(7)6-5/h8-12,15,17,23,25H,5-7,13-14,16H2,1-4H3;7-12,14,20,22H,6,13H2,1-5H3;5-10,12,18,20H,11H2,1-4H3,(H,28,29);5-10,17,19H,4,11H2,1-3H3,(H,23,25);3H,5H2,1-2H3,(H,6,7). The van der Waals surface area contributed by atoms with Gasteiger partial charge in [-0.1, -0.05) is 150 Å². The lowest BCUT2D eigenvalue weighted by Gasteiger charge is -2.29. The van der Waals surface area contributed by atoms with Crippen LogP contribution in [0.4, 0.5) is 5.69 Å². The van der Waals surface area contributed by atoms with Crippen LogP contribution in [0.15, 0.2) is 146 Å². The number of hydrogen-bond donors (Lipinski definition) is 4. The predicted octanol–water partition coefficient (Wildman–Crippen LogP) is 18.9. The molecule has 8 aromatic carbocycles. The molecule has 8 atom stereocenters. The summed E-state index contributed by atoms with van der Waals surface area (Å²) < 4.78 is 86.9. The van der Waals surface area contributed by atoms with Crippen molar-refractivity contribution in [3.63, 3.8) is 0 Å². The van der Waals surface area contributed by atoms with Gasteiger partial charge in [-0.2, -0.15) is 0 Å². The van der Waals surface area contributed by atoms with Crippen molar-refractivity contribution in [1.29, 1.82) is 0 Å². The van der Waals surface area contributed by atoms with Crippen molar-refractivity contribution in [2.75, 3.05) is 88.5 Å². The average Bonchev–Trinajstić information content (AvgIpc) is 1.61. The lowest BCUT2D eigenvalue weighted by atomic mass is 9.98. The summed E-state index contributed by atoms with van der Waals surface area (Å²) in [7, 11) is 12.6. The quantitative estimate of drug-likeness (QED) is 0.0169. The van der Waals surface area contributed by atoms with Crippen LogP contribution in [0.5, 0.6) is 46.0 Å². The van der Waals surface area contributed by atoms with Crippen molar-refractivity contribution in [2.45, 2.75) is 181 Å². The van der Waals surface area contributed by atoms with Gasteiger partial charge < -0.3 is 81.6 Å². The molecular weight excluding hydrogens is 1870 g/mol. The van der Waals surface area contributed by atoms with Crippen LogP contribution in [-0.2, 0) is 57.2 Å². The maximum Gasteiger partial charge on any atom is 0.308 e. The number of benzene rings is 8. The first-order valence-corrected chi connectivity index (χ1v) is 47.0.